The minimum atomic E-state index is -1.06. The van der Waals surface area contributed by atoms with Crippen molar-refractivity contribution in [1.29, 1.82) is 0 Å². The second kappa shape index (κ2) is 10.3. The Morgan fingerprint density at radius 1 is 1.29 bits per heavy atom. The number of rotatable bonds is 8. The fourth-order valence-electron chi connectivity index (χ4n) is 4.36. The van der Waals surface area contributed by atoms with Crippen molar-refractivity contribution in [2.75, 3.05) is 32.3 Å². The molecule has 0 saturated carbocycles. The number of fused-ring (bicyclic) bond motifs is 1. The van der Waals surface area contributed by atoms with Crippen LogP contribution in [0.2, 0.25) is 0 Å². The van der Waals surface area contributed by atoms with Gasteiger partial charge in [0.1, 0.15) is 10.4 Å². The Labute approximate surface area is 208 Å². The number of anilines is 1. The lowest BCUT2D eigenvalue weighted by Crippen LogP contribution is -2.68. The first-order chi connectivity index (χ1) is 16.4. The number of ether oxygens (including phenoxy) is 3. The van der Waals surface area contributed by atoms with Crippen LogP contribution in [0.4, 0.5) is 5.95 Å². The summed E-state index contributed by atoms with van der Waals surface area (Å²) in [6, 6.07) is 7.44. The number of nitrogens with zero attached hydrogens (tertiary/aromatic N) is 3. The molecular weight excluding hydrogens is 476 g/mol. The van der Waals surface area contributed by atoms with Gasteiger partial charge in [0, 0.05) is 30.7 Å². The van der Waals surface area contributed by atoms with Gasteiger partial charge in [-0.1, -0.05) is 6.07 Å². The molecular formula is C24H29ClN4O4S. The maximum atomic E-state index is 13.2. The summed E-state index contributed by atoms with van der Waals surface area (Å²) in [6.45, 7) is 5.03. The van der Waals surface area contributed by atoms with Crippen LogP contribution >= 0.6 is 22.9 Å². The number of thiophene rings is 1. The fourth-order valence-corrected chi connectivity index (χ4v) is 5.50. The van der Waals surface area contributed by atoms with Crippen molar-refractivity contribution in [3.05, 3.63) is 41.4 Å². The molecule has 8 nitrogen and oxygen atoms in total. The highest BCUT2D eigenvalue weighted by Gasteiger charge is 2.53. The molecule has 10 heteroatoms. The summed E-state index contributed by atoms with van der Waals surface area (Å²) in [5.74, 6) is 1.53. The number of alkyl halides is 1. The molecule has 0 aliphatic carbocycles. The number of carbonyl (C=O) groups excluding carboxylic acids is 1. The third-order valence-electron chi connectivity index (χ3n) is 6.28. The highest BCUT2D eigenvalue weighted by molar-refractivity contribution is 7.16. The van der Waals surface area contributed by atoms with Crippen molar-refractivity contribution in [2.45, 2.75) is 43.8 Å². The number of hydrogen-bond donors (Lipinski definition) is 1. The normalized spacial score (nSPS) is 22.6. The van der Waals surface area contributed by atoms with Crippen molar-refractivity contribution in [3.8, 4) is 11.5 Å². The molecule has 0 amide bonds. The molecule has 1 saturated heterocycles. The minimum absolute atomic E-state index is 0.213. The Kier molecular flexibility index (Phi) is 7.45. The van der Waals surface area contributed by atoms with E-state index in [-0.39, 0.29) is 18.6 Å². The quantitative estimate of drug-likeness (QED) is 0.364. The predicted molar refractivity (Wildman–Crippen MR) is 134 cm³/mol. The smallest absolute Gasteiger partial charge is 0.328 e. The van der Waals surface area contributed by atoms with Crippen LogP contribution in [0.15, 0.2) is 35.8 Å². The van der Waals surface area contributed by atoms with Crippen molar-refractivity contribution in [3.63, 3.8) is 0 Å². The van der Waals surface area contributed by atoms with E-state index in [0.717, 1.165) is 15.8 Å². The van der Waals surface area contributed by atoms with Gasteiger partial charge in [0.2, 0.25) is 5.95 Å². The monoisotopic (exact) mass is 504 g/mol. The molecule has 1 aliphatic heterocycles. The van der Waals surface area contributed by atoms with Crippen LogP contribution in [0, 0.1) is 0 Å². The van der Waals surface area contributed by atoms with E-state index in [2.05, 4.69) is 15.2 Å². The number of halogens is 1. The molecule has 1 aliphatic rings. The summed E-state index contributed by atoms with van der Waals surface area (Å²) in [6.07, 6.45) is 2.27. The summed E-state index contributed by atoms with van der Waals surface area (Å²) in [7, 11) is 3.19. The molecule has 0 bridgehead atoms. The predicted octanol–water partition coefficient (Wildman–Crippen LogP) is 4.01. The molecule has 3 heterocycles. The molecule has 3 atom stereocenters. The molecule has 2 aromatic heterocycles. The zero-order chi connectivity index (χ0) is 24.3. The van der Waals surface area contributed by atoms with Crippen LogP contribution in [0.5, 0.6) is 11.5 Å². The average molecular weight is 505 g/mol. The third kappa shape index (κ3) is 4.52. The number of esters is 1. The van der Waals surface area contributed by atoms with E-state index in [1.54, 1.807) is 32.5 Å². The number of piperidine rings is 1. The molecule has 3 unspecified atom stereocenters. The van der Waals surface area contributed by atoms with Gasteiger partial charge in [-0.3, -0.25) is 5.32 Å². The van der Waals surface area contributed by atoms with E-state index in [1.165, 1.54) is 0 Å². The summed E-state index contributed by atoms with van der Waals surface area (Å²) >= 11 is 8.61. The van der Waals surface area contributed by atoms with Crippen molar-refractivity contribution in [2.24, 2.45) is 0 Å². The van der Waals surface area contributed by atoms with E-state index in [1.807, 2.05) is 42.8 Å². The van der Waals surface area contributed by atoms with E-state index in [9.17, 15) is 4.79 Å². The van der Waals surface area contributed by atoms with Crippen LogP contribution in [0.25, 0.3) is 10.2 Å². The van der Waals surface area contributed by atoms with Crippen LogP contribution in [-0.4, -0.2) is 60.3 Å². The molecule has 1 fully saturated rings. The Morgan fingerprint density at radius 2 is 2.09 bits per heavy atom. The highest BCUT2D eigenvalue weighted by atomic mass is 35.5. The molecule has 4 rings (SSSR count). The van der Waals surface area contributed by atoms with Gasteiger partial charge in [0.25, 0.3) is 0 Å². The van der Waals surface area contributed by atoms with E-state index < -0.39 is 10.9 Å². The average Bonchev–Trinajstić information content (AvgIpc) is 3.33. The Bertz CT molecular complexity index is 1160. The lowest BCUT2D eigenvalue weighted by Gasteiger charge is -2.47. The van der Waals surface area contributed by atoms with Crippen LogP contribution < -0.4 is 19.7 Å². The van der Waals surface area contributed by atoms with Gasteiger partial charge in [-0.05, 0) is 49.4 Å². The first kappa shape index (κ1) is 24.5. The SMILES string of the molecule is CCOC(=O)C1(NCc2ccc(OC)c(OC)c2)CCN(c2ncc3ccsc3n2)C(C)C1Cl. The number of benzene rings is 1. The standard InChI is InChI=1S/C24H29ClN4O4S/c1-5-33-22(30)24(27-13-16-6-7-18(31-3)19(12-16)32-4)9-10-29(15(2)20(24)25)23-26-14-17-8-11-34-21(17)28-23/h6-8,11-12,14-15,20,27H,5,9-10,13H2,1-4H3. The van der Waals surface area contributed by atoms with Gasteiger partial charge in [-0.2, -0.15) is 0 Å². The molecule has 0 radical (unpaired) electrons. The second-order valence-corrected chi connectivity index (χ2v) is 9.54. The molecule has 3 aromatic rings. The van der Waals surface area contributed by atoms with Gasteiger partial charge >= 0.3 is 5.97 Å². The summed E-state index contributed by atoms with van der Waals surface area (Å²) < 4.78 is 16.2. The van der Waals surface area contributed by atoms with Gasteiger partial charge < -0.3 is 19.1 Å². The zero-order valence-corrected chi connectivity index (χ0v) is 21.3. The number of hydrogen-bond acceptors (Lipinski definition) is 9. The van der Waals surface area contributed by atoms with Crippen LogP contribution in [-0.2, 0) is 16.1 Å². The van der Waals surface area contributed by atoms with Gasteiger partial charge in [-0.25, -0.2) is 14.8 Å². The Hall–Kier alpha value is -2.62. The van der Waals surface area contributed by atoms with Gasteiger partial charge in [0.05, 0.1) is 26.2 Å². The Morgan fingerprint density at radius 3 is 2.82 bits per heavy atom. The number of carbonyl (C=O) groups is 1. The fraction of sp³-hybridized carbons (Fsp3) is 0.458. The maximum absolute atomic E-state index is 13.2. The van der Waals surface area contributed by atoms with Gasteiger partial charge in [0.15, 0.2) is 11.5 Å². The molecule has 182 valence electrons. The molecule has 1 N–H and O–H groups in total. The number of aromatic nitrogens is 2. The summed E-state index contributed by atoms with van der Waals surface area (Å²) in [5.41, 5.74) is -0.125. The summed E-state index contributed by atoms with van der Waals surface area (Å²) in [4.78, 5) is 25.5. The summed E-state index contributed by atoms with van der Waals surface area (Å²) in [5, 5.41) is 5.86. The lowest BCUT2D eigenvalue weighted by atomic mass is 9.82. The van der Waals surface area contributed by atoms with E-state index in [0.29, 0.717) is 37.0 Å². The van der Waals surface area contributed by atoms with Gasteiger partial charge in [-0.15, -0.1) is 22.9 Å². The van der Waals surface area contributed by atoms with Crippen molar-refractivity contribution >= 4 is 45.1 Å². The zero-order valence-electron chi connectivity index (χ0n) is 19.7. The molecule has 34 heavy (non-hydrogen) atoms. The second-order valence-electron chi connectivity index (χ2n) is 8.17. The Balaban J connectivity index is 1.58. The van der Waals surface area contributed by atoms with Crippen molar-refractivity contribution < 1.29 is 19.0 Å². The highest BCUT2D eigenvalue weighted by Crippen LogP contribution is 2.36. The lowest BCUT2D eigenvalue weighted by molar-refractivity contribution is -0.152. The topological polar surface area (TPSA) is 85.8 Å². The third-order valence-corrected chi connectivity index (χ3v) is 7.84. The molecule has 1 aromatic carbocycles. The van der Waals surface area contributed by atoms with E-state index in [4.69, 9.17) is 30.8 Å². The number of nitrogens with one attached hydrogen (secondary N) is 1. The number of methoxy groups -OCH3 is 2. The van der Waals surface area contributed by atoms with Crippen LogP contribution in [0.3, 0.4) is 0 Å². The molecule has 0 spiro atoms. The van der Waals surface area contributed by atoms with Crippen LogP contribution in [0.1, 0.15) is 25.8 Å². The first-order valence-corrected chi connectivity index (χ1v) is 12.5. The minimum Gasteiger partial charge on any atom is -0.493 e. The van der Waals surface area contributed by atoms with E-state index >= 15 is 0 Å². The first-order valence-electron chi connectivity index (χ1n) is 11.2. The maximum Gasteiger partial charge on any atom is 0.328 e. The van der Waals surface area contributed by atoms with Crippen molar-refractivity contribution in [1.82, 2.24) is 15.3 Å². The largest absolute Gasteiger partial charge is 0.493 e.